The minimum absolute atomic E-state index is 0.360. The van der Waals surface area contributed by atoms with E-state index in [-0.39, 0.29) is 13.1 Å². The lowest BCUT2D eigenvalue weighted by Crippen LogP contribution is -2.34. The van der Waals surface area contributed by atoms with E-state index in [1.807, 2.05) is 36.4 Å². The molecule has 0 heterocycles. The van der Waals surface area contributed by atoms with E-state index < -0.39 is 11.9 Å². The molecule has 0 fully saturated rings. The zero-order valence-corrected chi connectivity index (χ0v) is 16.1. The Bertz CT molecular complexity index is 804. The molecule has 0 bridgehead atoms. The second-order valence-electron chi connectivity index (χ2n) is 6.36. The summed E-state index contributed by atoms with van der Waals surface area (Å²) in [4.78, 5) is 23.4. The highest BCUT2D eigenvalue weighted by Gasteiger charge is 2.14. The maximum atomic E-state index is 11.0. The summed E-state index contributed by atoms with van der Waals surface area (Å²) in [5.74, 6) is -0.754. The Balaban J connectivity index is 2.02. The number of carboxylic acid groups (broad SMARTS) is 2. The molecule has 0 spiro atoms. The highest BCUT2D eigenvalue weighted by molar-refractivity contribution is 5.79. The molecule has 0 radical (unpaired) electrons. The van der Waals surface area contributed by atoms with Crippen LogP contribution in [0.3, 0.4) is 0 Å². The molecule has 7 nitrogen and oxygen atoms in total. The van der Waals surface area contributed by atoms with Gasteiger partial charge in [0.15, 0.2) is 11.5 Å². The molecule has 2 aromatic carbocycles. The maximum Gasteiger partial charge on any atom is 0.323 e. The first-order valence-electron chi connectivity index (χ1n) is 8.91. The van der Waals surface area contributed by atoms with Gasteiger partial charge in [0.2, 0.25) is 0 Å². The topological polar surface area (TPSA) is 96.3 Å². The van der Waals surface area contributed by atoms with Crippen molar-refractivity contribution in [2.75, 3.05) is 32.2 Å². The predicted octanol–water partition coefficient (Wildman–Crippen LogP) is 2.85. The van der Waals surface area contributed by atoms with Crippen LogP contribution < -0.4 is 14.4 Å². The van der Waals surface area contributed by atoms with Crippen LogP contribution in [0.1, 0.15) is 17.5 Å². The summed E-state index contributed by atoms with van der Waals surface area (Å²) in [6, 6.07) is 13.2. The first-order valence-corrected chi connectivity index (χ1v) is 8.91. The largest absolute Gasteiger partial charge is 0.493 e. The van der Waals surface area contributed by atoms with E-state index in [1.54, 1.807) is 20.3 Å². The van der Waals surface area contributed by atoms with Crippen molar-refractivity contribution >= 4 is 17.6 Å². The summed E-state index contributed by atoms with van der Waals surface area (Å²) in [5.41, 5.74) is 2.75. The Hall–Kier alpha value is -3.22. The average Bonchev–Trinajstić information content (AvgIpc) is 2.67. The molecule has 2 aromatic rings. The molecule has 0 saturated carbocycles. The minimum Gasteiger partial charge on any atom is -0.493 e. The van der Waals surface area contributed by atoms with Gasteiger partial charge in [-0.3, -0.25) is 9.59 Å². The quantitative estimate of drug-likeness (QED) is 0.612. The highest BCUT2D eigenvalue weighted by Crippen LogP contribution is 2.28. The van der Waals surface area contributed by atoms with Gasteiger partial charge in [-0.1, -0.05) is 18.2 Å². The zero-order chi connectivity index (χ0) is 20.5. The van der Waals surface area contributed by atoms with Crippen molar-refractivity contribution in [2.45, 2.75) is 19.3 Å². The summed E-state index contributed by atoms with van der Waals surface area (Å²) in [5, 5.41) is 18.0. The van der Waals surface area contributed by atoms with Gasteiger partial charge in [-0.2, -0.15) is 0 Å². The lowest BCUT2D eigenvalue weighted by Gasteiger charge is -2.21. The Labute approximate surface area is 164 Å². The molecule has 28 heavy (non-hydrogen) atoms. The van der Waals surface area contributed by atoms with Gasteiger partial charge in [0.05, 0.1) is 14.2 Å². The van der Waals surface area contributed by atoms with Gasteiger partial charge in [0.1, 0.15) is 13.1 Å². The molecule has 7 heteroatoms. The molecule has 2 N–H and O–H groups in total. The van der Waals surface area contributed by atoms with E-state index in [2.05, 4.69) is 0 Å². The third-order valence-electron chi connectivity index (χ3n) is 4.31. The summed E-state index contributed by atoms with van der Waals surface area (Å²) < 4.78 is 10.6. The number of anilines is 1. The van der Waals surface area contributed by atoms with E-state index in [0.29, 0.717) is 17.2 Å². The van der Waals surface area contributed by atoms with Crippen LogP contribution in [0.15, 0.2) is 42.5 Å². The normalized spacial score (nSPS) is 10.4. The third kappa shape index (κ3) is 6.19. The Kier molecular flexibility index (Phi) is 7.68. The van der Waals surface area contributed by atoms with Crippen molar-refractivity contribution in [3.63, 3.8) is 0 Å². The number of hydrogen-bond acceptors (Lipinski definition) is 5. The number of carbonyl (C=O) groups is 2. The summed E-state index contributed by atoms with van der Waals surface area (Å²) in [6.45, 7) is -0.719. The average molecular weight is 387 g/mol. The van der Waals surface area contributed by atoms with Crippen molar-refractivity contribution in [1.82, 2.24) is 0 Å². The number of benzene rings is 2. The van der Waals surface area contributed by atoms with Crippen molar-refractivity contribution in [3.05, 3.63) is 53.6 Å². The summed E-state index contributed by atoms with van der Waals surface area (Å²) in [6.07, 6.45) is 2.52. The lowest BCUT2D eigenvalue weighted by molar-refractivity contribution is -0.136. The second kappa shape index (κ2) is 10.2. The number of nitrogens with zero attached hydrogens (tertiary/aromatic N) is 1. The number of aryl methyl sites for hydroxylation is 2. The molecule has 0 aliphatic rings. The molecule has 0 unspecified atom stereocenters. The fourth-order valence-electron chi connectivity index (χ4n) is 3.01. The van der Waals surface area contributed by atoms with Crippen molar-refractivity contribution in [3.8, 4) is 11.5 Å². The Morgan fingerprint density at radius 2 is 1.46 bits per heavy atom. The summed E-state index contributed by atoms with van der Waals surface area (Å²) >= 11 is 0. The fourth-order valence-corrected chi connectivity index (χ4v) is 3.01. The molecule has 0 saturated heterocycles. The van der Waals surface area contributed by atoms with Gasteiger partial charge in [-0.15, -0.1) is 0 Å². The first kappa shape index (κ1) is 21.1. The molecular formula is C21H25NO6. The standard InChI is InChI=1S/C21H25NO6/c1-27-18-10-9-16(12-19(18)28-2)6-3-5-15-7-4-8-17(11-15)22(13-20(23)24)14-21(25)26/h4,7-12H,3,5-6,13-14H2,1-2H3,(H,23,24)(H,25,26). The van der Waals surface area contributed by atoms with Crippen LogP contribution in [0.4, 0.5) is 5.69 Å². The first-order chi connectivity index (χ1) is 13.4. The van der Waals surface area contributed by atoms with Crippen LogP contribution in [0.5, 0.6) is 11.5 Å². The fraction of sp³-hybridized carbons (Fsp3) is 0.333. The smallest absolute Gasteiger partial charge is 0.323 e. The van der Waals surface area contributed by atoms with Crippen LogP contribution in [-0.4, -0.2) is 49.5 Å². The molecule has 0 aliphatic heterocycles. The van der Waals surface area contributed by atoms with Crippen LogP contribution in [0.2, 0.25) is 0 Å². The van der Waals surface area contributed by atoms with Crippen molar-refractivity contribution < 1.29 is 29.3 Å². The van der Waals surface area contributed by atoms with Crippen LogP contribution in [0.25, 0.3) is 0 Å². The summed E-state index contributed by atoms with van der Waals surface area (Å²) in [7, 11) is 3.20. The number of hydrogen-bond donors (Lipinski definition) is 2. The van der Waals surface area contributed by atoms with E-state index in [0.717, 1.165) is 30.4 Å². The van der Waals surface area contributed by atoms with Crippen LogP contribution >= 0.6 is 0 Å². The van der Waals surface area contributed by atoms with Gasteiger partial charge in [-0.05, 0) is 54.7 Å². The number of ether oxygens (including phenoxy) is 2. The Morgan fingerprint density at radius 3 is 2.04 bits per heavy atom. The van der Waals surface area contributed by atoms with Gasteiger partial charge >= 0.3 is 11.9 Å². The predicted molar refractivity (Wildman–Crippen MR) is 105 cm³/mol. The zero-order valence-electron chi connectivity index (χ0n) is 16.1. The molecule has 0 aromatic heterocycles. The maximum absolute atomic E-state index is 11.0. The minimum atomic E-state index is -1.07. The molecular weight excluding hydrogens is 362 g/mol. The van der Waals surface area contributed by atoms with Crippen LogP contribution in [0, 0.1) is 0 Å². The van der Waals surface area contributed by atoms with E-state index >= 15 is 0 Å². The lowest BCUT2D eigenvalue weighted by atomic mass is 10.0. The van der Waals surface area contributed by atoms with Gasteiger partial charge in [0.25, 0.3) is 0 Å². The third-order valence-corrected chi connectivity index (χ3v) is 4.31. The van der Waals surface area contributed by atoms with E-state index in [1.165, 1.54) is 4.90 Å². The van der Waals surface area contributed by atoms with Crippen molar-refractivity contribution in [1.29, 1.82) is 0 Å². The van der Waals surface area contributed by atoms with Gasteiger partial charge in [0, 0.05) is 5.69 Å². The van der Waals surface area contributed by atoms with E-state index in [4.69, 9.17) is 19.7 Å². The highest BCUT2D eigenvalue weighted by atomic mass is 16.5. The SMILES string of the molecule is COc1ccc(CCCc2cccc(N(CC(=O)O)CC(=O)O)c2)cc1OC. The van der Waals surface area contributed by atoms with E-state index in [9.17, 15) is 9.59 Å². The number of methoxy groups -OCH3 is 2. The number of aliphatic carboxylic acids is 2. The van der Waals surface area contributed by atoms with Crippen molar-refractivity contribution in [2.24, 2.45) is 0 Å². The molecule has 2 rings (SSSR count). The van der Waals surface area contributed by atoms with Gasteiger partial charge < -0.3 is 24.6 Å². The molecule has 0 aliphatic carbocycles. The molecule has 150 valence electrons. The molecule has 0 amide bonds. The monoisotopic (exact) mass is 387 g/mol. The Morgan fingerprint density at radius 1 is 0.857 bits per heavy atom. The van der Waals surface area contributed by atoms with Gasteiger partial charge in [-0.25, -0.2) is 0 Å². The second-order valence-corrected chi connectivity index (χ2v) is 6.36. The number of rotatable bonds is 11. The number of carboxylic acids is 2. The van der Waals surface area contributed by atoms with Crippen LogP contribution in [-0.2, 0) is 22.4 Å². The molecule has 0 atom stereocenters.